The number of benzene rings is 1. The lowest BCUT2D eigenvalue weighted by atomic mass is 10.1. The molecule has 3 heteroatoms. The molecule has 1 aromatic carbocycles. The highest BCUT2D eigenvalue weighted by Gasteiger charge is 2.32. The van der Waals surface area contributed by atoms with Crippen LogP contribution in [-0.2, 0) is 11.2 Å². The Bertz CT molecular complexity index is 423. The van der Waals surface area contributed by atoms with Crippen LogP contribution < -0.4 is 4.74 Å². The smallest absolute Gasteiger partial charge is 0.226 e. The molecule has 0 radical (unpaired) electrons. The lowest BCUT2D eigenvalue weighted by Gasteiger charge is -2.25. The van der Waals surface area contributed by atoms with Gasteiger partial charge in [-0.15, -0.1) is 0 Å². The molecule has 3 nitrogen and oxygen atoms in total. The van der Waals surface area contributed by atoms with E-state index in [1.807, 2.05) is 43.1 Å². The van der Waals surface area contributed by atoms with Crippen molar-refractivity contribution in [1.82, 2.24) is 4.90 Å². The van der Waals surface area contributed by atoms with Crippen LogP contribution in [-0.4, -0.2) is 30.5 Å². The molecule has 104 valence electrons. The van der Waals surface area contributed by atoms with Crippen LogP contribution in [0.2, 0.25) is 0 Å². The summed E-state index contributed by atoms with van der Waals surface area (Å²) in [6.07, 6.45) is 3.00. The van der Waals surface area contributed by atoms with Crippen LogP contribution in [0.5, 0.6) is 5.75 Å². The van der Waals surface area contributed by atoms with Gasteiger partial charge in [-0.25, -0.2) is 0 Å². The zero-order valence-corrected chi connectivity index (χ0v) is 12.1. The molecule has 0 aromatic heterocycles. The lowest BCUT2D eigenvalue weighted by molar-refractivity contribution is -0.131. The zero-order valence-electron chi connectivity index (χ0n) is 12.1. The predicted octanol–water partition coefficient (Wildman–Crippen LogP) is 2.88. The van der Waals surface area contributed by atoms with E-state index in [-0.39, 0.29) is 5.91 Å². The Labute approximate surface area is 115 Å². The Kier molecular flexibility index (Phi) is 4.46. The average Bonchev–Trinajstić information content (AvgIpc) is 3.24. The standard InChI is InChI=1S/C16H23NO2/c1-4-19-15-9-5-13(6-10-15)11-16(18)17(3)12(2)14-7-8-14/h5-6,9-10,12,14H,4,7-8,11H2,1-3H3. The van der Waals surface area contributed by atoms with E-state index in [9.17, 15) is 4.79 Å². The number of nitrogens with zero attached hydrogens (tertiary/aromatic N) is 1. The summed E-state index contributed by atoms with van der Waals surface area (Å²) in [4.78, 5) is 14.1. The third-order valence-corrected chi connectivity index (χ3v) is 3.90. The Balaban J connectivity index is 1.90. The molecule has 1 atom stereocenters. The molecule has 0 bridgehead atoms. The fraction of sp³-hybridized carbons (Fsp3) is 0.562. The molecule has 0 heterocycles. The summed E-state index contributed by atoms with van der Waals surface area (Å²) in [5.41, 5.74) is 1.04. The van der Waals surface area contributed by atoms with E-state index in [2.05, 4.69) is 6.92 Å². The number of likely N-dealkylation sites (N-methyl/N-ethyl adjacent to an activating group) is 1. The summed E-state index contributed by atoms with van der Waals surface area (Å²) in [7, 11) is 1.92. The summed E-state index contributed by atoms with van der Waals surface area (Å²) in [6.45, 7) is 4.78. The zero-order chi connectivity index (χ0) is 13.8. The maximum atomic E-state index is 12.2. The van der Waals surface area contributed by atoms with E-state index in [4.69, 9.17) is 4.74 Å². The highest BCUT2D eigenvalue weighted by atomic mass is 16.5. The highest BCUT2D eigenvalue weighted by molar-refractivity contribution is 5.78. The van der Waals surface area contributed by atoms with Crippen LogP contribution >= 0.6 is 0 Å². The fourth-order valence-corrected chi connectivity index (χ4v) is 2.29. The molecule has 1 fully saturated rings. The Hall–Kier alpha value is -1.51. The number of amides is 1. The molecule has 0 aliphatic heterocycles. The molecule has 1 saturated carbocycles. The van der Waals surface area contributed by atoms with Crippen molar-refractivity contribution >= 4 is 5.91 Å². The second-order valence-corrected chi connectivity index (χ2v) is 5.34. The van der Waals surface area contributed by atoms with Gasteiger partial charge in [0.2, 0.25) is 5.91 Å². The lowest BCUT2D eigenvalue weighted by Crippen LogP contribution is -2.37. The number of ether oxygens (including phenoxy) is 1. The van der Waals surface area contributed by atoms with Crippen LogP contribution in [0.3, 0.4) is 0 Å². The highest BCUT2D eigenvalue weighted by Crippen LogP contribution is 2.34. The van der Waals surface area contributed by atoms with Crippen LogP contribution in [0, 0.1) is 5.92 Å². The van der Waals surface area contributed by atoms with Crippen molar-refractivity contribution in [2.75, 3.05) is 13.7 Å². The first-order valence-electron chi connectivity index (χ1n) is 7.09. The first kappa shape index (κ1) is 13.9. The van der Waals surface area contributed by atoms with Gasteiger partial charge in [-0.3, -0.25) is 4.79 Å². The number of carbonyl (C=O) groups excluding carboxylic acids is 1. The molecule has 1 aliphatic rings. The molecule has 1 amide bonds. The van der Waals surface area contributed by atoms with Crippen LogP contribution in [0.1, 0.15) is 32.3 Å². The van der Waals surface area contributed by atoms with Crippen molar-refractivity contribution in [3.05, 3.63) is 29.8 Å². The van der Waals surface area contributed by atoms with Gasteiger partial charge in [0.25, 0.3) is 0 Å². The summed E-state index contributed by atoms with van der Waals surface area (Å²) >= 11 is 0. The Morgan fingerprint density at radius 3 is 2.53 bits per heavy atom. The van der Waals surface area contributed by atoms with Gasteiger partial charge < -0.3 is 9.64 Å². The third-order valence-electron chi connectivity index (χ3n) is 3.90. The summed E-state index contributed by atoms with van der Waals surface area (Å²) in [5, 5.41) is 0. The predicted molar refractivity (Wildman–Crippen MR) is 76.3 cm³/mol. The number of hydrogen-bond acceptors (Lipinski definition) is 2. The molecule has 0 saturated heterocycles. The van der Waals surface area contributed by atoms with Crippen molar-refractivity contribution in [3.63, 3.8) is 0 Å². The summed E-state index contributed by atoms with van der Waals surface area (Å²) in [6, 6.07) is 8.17. The van der Waals surface area contributed by atoms with E-state index in [0.29, 0.717) is 25.0 Å². The first-order chi connectivity index (χ1) is 9.11. The first-order valence-corrected chi connectivity index (χ1v) is 7.09. The molecular formula is C16H23NO2. The minimum absolute atomic E-state index is 0.198. The molecule has 2 rings (SSSR count). The van der Waals surface area contributed by atoms with Crippen molar-refractivity contribution in [1.29, 1.82) is 0 Å². The molecule has 1 aromatic rings. The second kappa shape index (κ2) is 6.09. The van der Waals surface area contributed by atoms with Crippen molar-refractivity contribution in [3.8, 4) is 5.75 Å². The van der Waals surface area contributed by atoms with Gasteiger partial charge in [-0.2, -0.15) is 0 Å². The van der Waals surface area contributed by atoms with Crippen LogP contribution in [0.25, 0.3) is 0 Å². The van der Waals surface area contributed by atoms with E-state index in [1.165, 1.54) is 12.8 Å². The van der Waals surface area contributed by atoms with Crippen LogP contribution in [0.15, 0.2) is 24.3 Å². The Morgan fingerprint density at radius 1 is 1.37 bits per heavy atom. The van der Waals surface area contributed by atoms with Gasteiger partial charge in [0.1, 0.15) is 5.75 Å². The summed E-state index contributed by atoms with van der Waals surface area (Å²) < 4.78 is 5.40. The Morgan fingerprint density at radius 2 is 2.00 bits per heavy atom. The topological polar surface area (TPSA) is 29.5 Å². The van der Waals surface area contributed by atoms with Crippen molar-refractivity contribution in [2.45, 2.75) is 39.2 Å². The summed E-state index contributed by atoms with van der Waals surface area (Å²) in [5.74, 6) is 1.77. The van der Waals surface area contributed by atoms with Crippen LogP contribution in [0.4, 0.5) is 0 Å². The minimum Gasteiger partial charge on any atom is -0.494 e. The van der Waals surface area contributed by atoms with Gasteiger partial charge in [0, 0.05) is 13.1 Å². The third kappa shape index (κ3) is 3.72. The molecule has 1 aliphatic carbocycles. The molecule has 0 N–H and O–H groups in total. The molecular weight excluding hydrogens is 238 g/mol. The fourth-order valence-electron chi connectivity index (χ4n) is 2.29. The minimum atomic E-state index is 0.198. The molecule has 0 spiro atoms. The van der Waals surface area contributed by atoms with E-state index in [0.717, 1.165) is 11.3 Å². The maximum Gasteiger partial charge on any atom is 0.226 e. The number of carbonyl (C=O) groups is 1. The van der Waals surface area contributed by atoms with Gasteiger partial charge in [-0.1, -0.05) is 12.1 Å². The van der Waals surface area contributed by atoms with Gasteiger partial charge in [0.15, 0.2) is 0 Å². The van der Waals surface area contributed by atoms with Gasteiger partial charge >= 0.3 is 0 Å². The molecule has 1 unspecified atom stereocenters. The average molecular weight is 261 g/mol. The largest absolute Gasteiger partial charge is 0.494 e. The molecule has 19 heavy (non-hydrogen) atoms. The SMILES string of the molecule is CCOc1ccc(CC(=O)N(C)C(C)C2CC2)cc1. The van der Waals surface area contributed by atoms with E-state index >= 15 is 0 Å². The maximum absolute atomic E-state index is 12.2. The van der Waals surface area contributed by atoms with Crippen molar-refractivity contribution in [2.24, 2.45) is 5.92 Å². The number of rotatable bonds is 6. The second-order valence-electron chi connectivity index (χ2n) is 5.34. The van der Waals surface area contributed by atoms with E-state index in [1.54, 1.807) is 0 Å². The van der Waals surface area contributed by atoms with Gasteiger partial charge in [-0.05, 0) is 50.3 Å². The number of hydrogen-bond donors (Lipinski definition) is 0. The van der Waals surface area contributed by atoms with Crippen molar-refractivity contribution < 1.29 is 9.53 Å². The van der Waals surface area contributed by atoms with E-state index < -0.39 is 0 Å². The van der Waals surface area contributed by atoms with Gasteiger partial charge in [0.05, 0.1) is 13.0 Å². The monoisotopic (exact) mass is 261 g/mol. The quantitative estimate of drug-likeness (QED) is 0.788. The normalized spacial score (nSPS) is 15.9.